The van der Waals surface area contributed by atoms with Crippen LogP contribution in [0.4, 0.5) is 10.8 Å². The van der Waals surface area contributed by atoms with E-state index in [1.54, 1.807) is 22.8 Å². The maximum atomic E-state index is 12.3. The number of hydrogen-bond donors (Lipinski definition) is 2. The minimum absolute atomic E-state index is 0.0264. The zero-order valence-corrected chi connectivity index (χ0v) is 18.2. The zero-order chi connectivity index (χ0) is 20.8. The summed E-state index contributed by atoms with van der Waals surface area (Å²) in [6, 6.07) is 4.84. The van der Waals surface area contributed by atoms with Crippen LogP contribution in [-0.4, -0.2) is 42.5 Å². The molecule has 0 bridgehead atoms. The van der Waals surface area contributed by atoms with E-state index in [0.29, 0.717) is 38.4 Å². The molecule has 2 aromatic heterocycles. The molecule has 0 atom stereocenters. The van der Waals surface area contributed by atoms with Gasteiger partial charge in [-0.15, -0.1) is 20.4 Å². The SMILES string of the molecule is CCn1c(CC(=O)Nc2ccc(Cl)c(Cl)c2)nnc1SCC(=O)Nc1nncs1. The molecule has 0 fully saturated rings. The van der Waals surface area contributed by atoms with Crippen molar-refractivity contribution in [1.82, 2.24) is 25.0 Å². The number of benzene rings is 1. The van der Waals surface area contributed by atoms with Crippen molar-refractivity contribution in [2.45, 2.75) is 25.0 Å². The van der Waals surface area contributed by atoms with E-state index < -0.39 is 0 Å². The van der Waals surface area contributed by atoms with Crippen molar-refractivity contribution in [1.29, 1.82) is 0 Å². The summed E-state index contributed by atoms with van der Waals surface area (Å²) in [5.41, 5.74) is 2.07. The Kier molecular flexibility index (Phi) is 7.42. The third kappa shape index (κ3) is 5.89. The molecule has 29 heavy (non-hydrogen) atoms. The molecule has 0 aliphatic carbocycles. The number of thioether (sulfide) groups is 1. The molecule has 152 valence electrons. The normalized spacial score (nSPS) is 10.7. The Labute approximate surface area is 184 Å². The maximum absolute atomic E-state index is 12.3. The number of anilines is 2. The summed E-state index contributed by atoms with van der Waals surface area (Å²) in [4.78, 5) is 24.3. The Bertz CT molecular complexity index is 1010. The standard InChI is InChI=1S/C16H15Cl2N7O2S2/c1-2-25-12(6-13(26)20-9-3-4-10(17)11(18)5-9)22-24-16(25)28-7-14(27)21-15-23-19-8-29-15/h3-5,8H,2,6-7H2,1H3,(H,20,26)(H,21,23,27). The van der Waals surface area contributed by atoms with Crippen LogP contribution in [0.25, 0.3) is 0 Å². The van der Waals surface area contributed by atoms with E-state index in [2.05, 4.69) is 31.0 Å². The quantitative estimate of drug-likeness (QED) is 0.483. The lowest BCUT2D eigenvalue weighted by molar-refractivity contribution is -0.116. The Morgan fingerprint density at radius 2 is 1.97 bits per heavy atom. The van der Waals surface area contributed by atoms with E-state index in [4.69, 9.17) is 23.2 Å². The van der Waals surface area contributed by atoms with Gasteiger partial charge in [-0.2, -0.15) is 0 Å². The number of amides is 2. The Balaban J connectivity index is 1.58. The van der Waals surface area contributed by atoms with Gasteiger partial charge >= 0.3 is 0 Å². The van der Waals surface area contributed by atoms with Gasteiger partial charge in [-0.3, -0.25) is 14.9 Å². The topological polar surface area (TPSA) is 115 Å². The number of nitrogens with zero attached hydrogens (tertiary/aromatic N) is 5. The van der Waals surface area contributed by atoms with Gasteiger partial charge in [-0.1, -0.05) is 46.3 Å². The predicted octanol–water partition coefficient (Wildman–Crippen LogP) is 3.37. The van der Waals surface area contributed by atoms with Crippen molar-refractivity contribution >= 4 is 68.9 Å². The van der Waals surface area contributed by atoms with Crippen LogP contribution >= 0.6 is 46.3 Å². The van der Waals surface area contributed by atoms with Crippen LogP contribution in [-0.2, 0) is 22.6 Å². The molecule has 2 heterocycles. The summed E-state index contributed by atoms with van der Waals surface area (Å²) in [6.07, 6.45) is 0.0264. The van der Waals surface area contributed by atoms with Crippen molar-refractivity contribution in [2.75, 3.05) is 16.4 Å². The molecule has 0 aliphatic heterocycles. The lowest BCUT2D eigenvalue weighted by Crippen LogP contribution is -2.18. The molecule has 9 nitrogen and oxygen atoms in total. The van der Waals surface area contributed by atoms with Gasteiger partial charge in [0, 0.05) is 12.2 Å². The molecule has 0 spiro atoms. The molecule has 0 unspecified atom stereocenters. The van der Waals surface area contributed by atoms with Crippen LogP contribution in [0.1, 0.15) is 12.7 Å². The smallest absolute Gasteiger partial charge is 0.236 e. The van der Waals surface area contributed by atoms with Crippen molar-refractivity contribution in [3.05, 3.63) is 39.6 Å². The number of carbonyl (C=O) groups is 2. The molecule has 13 heteroatoms. The highest BCUT2D eigenvalue weighted by molar-refractivity contribution is 7.99. The van der Waals surface area contributed by atoms with Gasteiger partial charge in [-0.25, -0.2) is 0 Å². The van der Waals surface area contributed by atoms with Gasteiger partial charge in [0.2, 0.25) is 16.9 Å². The second-order valence-electron chi connectivity index (χ2n) is 5.58. The first-order chi connectivity index (χ1) is 14.0. The second-order valence-corrected chi connectivity index (χ2v) is 8.17. The molecule has 2 amide bonds. The lowest BCUT2D eigenvalue weighted by atomic mass is 10.3. The first-order valence-electron chi connectivity index (χ1n) is 8.32. The third-order valence-corrected chi connectivity index (χ3v) is 5.88. The average molecular weight is 472 g/mol. The Morgan fingerprint density at radius 1 is 1.14 bits per heavy atom. The van der Waals surface area contributed by atoms with Gasteiger partial charge < -0.3 is 9.88 Å². The third-order valence-electron chi connectivity index (χ3n) is 3.57. The first-order valence-corrected chi connectivity index (χ1v) is 10.9. The van der Waals surface area contributed by atoms with Crippen LogP contribution in [0.5, 0.6) is 0 Å². The van der Waals surface area contributed by atoms with Crippen LogP contribution in [0, 0.1) is 0 Å². The molecule has 0 radical (unpaired) electrons. The average Bonchev–Trinajstić information content (AvgIpc) is 3.32. The number of halogens is 2. The van der Waals surface area contributed by atoms with Crippen LogP contribution in [0.2, 0.25) is 10.0 Å². The molecule has 0 saturated carbocycles. The fourth-order valence-electron chi connectivity index (χ4n) is 2.31. The van der Waals surface area contributed by atoms with Crippen molar-refractivity contribution < 1.29 is 9.59 Å². The van der Waals surface area contributed by atoms with Crippen molar-refractivity contribution in [3.8, 4) is 0 Å². The zero-order valence-electron chi connectivity index (χ0n) is 15.1. The molecule has 2 N–H and O–H groups in total. The fraction of sp³-hybridized carbons (Fsp3) is 0.250. The van der Waals surface area contributed by atoms with E-state index >= 15 is 0 Å². The first kappa shape index (κ1) is 21.5. The Morgan fingerprint density at radius 3 is 2.66 bits per heavy atom. The highest BCUT2D eigenvalue weighted by Gasteiger charge is 2.16. The number of rotatable bonds is 8. The summed E-state index contributed by atoms with van der Waals surface area (Å²) in [5, 5.41) is 22.7. The second kappa shape index (κ2) is 10.0. The predicted molar refractivity (Wildman–Crippen MR) is 114 cm³/mol. The summed E-state index contributed by atoms with van der Waals surface area (Å²) in [5.74, 6) is 0.136. The maximum Gasteiger partial charge on any atom is 0.236 e. The van der Waals surface area contributed by atoms with Gasteiger partial charge in [-0.05, 0) is 25.1 Å². The minimum Gasteiger partial charge on any atom is -0.326 e. The monoisotopic (exact) mass is 471 g/mol. The van der Waals surface area contributed by atoms with E-state index in [9.17, 15) is 9.59 Å². The highest BCUT2D eigenvalue weighted by Crippen LogP contribution is 2.25. The number of nitrogens with one attached hydrogen (secondary N) is 2. The van der Waals surface area contributed by atoms with E-state index in [-0.39, 0.29) is 24.0 Å². The molecule has 1 aromatic carbocycles. The van der Waals surface area contributed by atoms with Gasteiger partial charge in [0.1, 0.15) is 11.3 Å². The summed E-state index contributed by atoms with van der Waals surface area (Å²) in [6.45, 7) is 2.47. The van der Waals surface area contributed by atoms with Crippen LogP contribution in [0.15, 0.2) is 28.9 Å². The molecular weight excluding hydrogens is 457 g/mol. The van der Waals surface area contributed by atoms with Crippen LogP contribution < -0.4 is 10.6 Å². The number of hydrogen-bond acceptors (Lipinski definition) is 8. The number of carbonyl (C=O) groups excluding carboxylic acids is 2. The van der Waals surface area contributed by atoms with Crippen molar-refractivity contribution in [3.63, 3.8) is 0 Å². The fourth-order valence-corrected chi connectivity index (χ4v) is 3.89. The Hall–Kier alpha value is -2.21. The molecular formula is C16H15Cl2N7O2S2. The number of aromatic nitrogens is 5. The van der Waals surface area contributed by atoms with E-state index in [0.717, 1.165) is 0 Å². The van der Waals surface area contributed by atoms with Gasteiger partial charge in [0.05, 0.1) is 22.2 Å². The summed E-state index contributed by atoms with van der Waals surface area (Å²) < 4.78 is 1.79. The summed E-state index contributed by atoms with van der Waals surface area (Å²) in [7, 11) is 0. The van der Waals surface area contributed by atoms with E-state index in [1.807, 2.05) is 6.92 Å². The molecule has 3 rings (SSSR count). The summed E-state index contributed by atoms with van der Waals surface area (Å²) >= 11 is 14.3. The largest absolute Gasteiger partial charge is 0.326 e. The van der Waals surface area contributed by atoms with E-state index in [1.165, 1.54) is 28.6 Å². The lowest BCUT2D eigenvalue weighted by Gasteiger charge is -2.08. The molecule has 3 aromatic rings. The van der Waals surface area contributed by atoms with Gasteiger partial charge in [0.25, 0.3) is 0 Å². The van der Waals surface area contributed by atoms with Crippen LogP contribution in [0.3, 0.4) is 0 Å². The van der Waals surface area contributed by atoms with Gasteiger partial charge in [0.15, 0.2) is 5.16 Å². The molecule has 0 aliphatic rings. The minimum atomic E-state index is -0.268. The van der Waals surface area contributed by atoms with Crippen molar-refractivity contribution in [2.24, 2.45) is 0 Å². The molecule has 0 saturated heterocycles. The highest BCUT2D eigenvalue weighted by atomic mass is 35.5.